The Morgan fingerprint density at radius 1 is 1.27 bits per heavy atom. The molecular formula is C17H27F2IN4O2. The molecule has 0 radical (unpaired) electrons. The van der Waals surface area contributed by atoms with Crippen LogP contribution < -0.4 is 15.4 Å². The Balaban J connectivity index is 0.00000625. The van der Waals surface area contributed by atoms with Crippen molar-refractivity contribution in [3.8, 4) is 5.75 Å². The van der Waals surface area contributed by atoms with Gasteiger partial charge in [-0.05, 0) is 38.5 Å². The number of aliphatic imine (C=N–C) groups is 1. The van der Waals surface area contributed by atoms with Crippen LogP contribution in [-0.4, -0.2) is 49.6 Å². The zero-order valence-electron chi connectivity index (χ0n) is 15.7. The summed E-state index contributed by atoms with van der Waals surface area (Å²) in [4.78, 5) is 17.8. The van der Waals surface area contributed by atoms with Crippen LogP contribution in [0.15, 0.2) is 29.3 Å². The van der Waals surface area contributed by atoms with Crippen molar-refractivity contribution in [2.45, 2.75) is 39.5 Å². The fraction of sp³-hybridized carbons (Fsp3) is 0.529. The first-order chi connectivity index (χ1) is 11.6. The average molecular weight is 484 g/mol. The third-order valence-electron chi connectivity index (χ3n) is 3.06. The molecule has 0 fully saturated rings. The number of amides is 1. The molecule has 1 aromatic carbocycles. The van der Waals surface area contributed by atoms with E-state index < -0.39 is 6.61 Å². The molecule has 0 aromatic heterocycles. The number of benzene rings is 1. The van der Waals surface area contributed by atoms with Gasteiger partial charge in [-0.3, -0.25) is 9.79 Å². The molecular weight excluding hydrogens is 457 g/mol. The summed E-state index contributed by atoms with van der Waals surface area (Å²) in [6, 6.07) is 6.38. The Labute approximate surface area is 170 Å². The fourth-order valence-electron chi connectivity index (χ4n) is 2.13. The van der Waals surface area contributed by atoms with Gasteiger partial charge < -0.3 is 20.3 Å². The third-order valence-corrected chi connectivity index (χ3v) is 3.06. The third kappa shape index (κ3) is 9.73. The van der Waals surface area contributed by atoms with Crippen LogP contribution >= 0.6 is 24.0 Å². The molecule has 1 amide bonds. The van der Waals surface area contributed by atoms with Crippen molar-refractivity contribution in [2.75, 3.05) is 20.6 Å². The van der Waals surface area contributed by atoms with Gasteiger partial charge in [0.1, 0.15) is 5.75 Å². The average Bonchev–Trinajstić information content (AvgIpc) is 2.47. The lowest BCUT2D eigenvalue weighted by Gasteiger charge is -2.24. The number of nitrogens with one attached hydrogen (secondary N) is 2. The predicted octanol–water partition coefficient (Wildman–Crippen LogP) is 2.83. The molecule has 0 saturated carbocycles. The highest BCUT2D eigenvalue weighted by molar-refractivity contribution is 14.0. The van der Waals surface area contributed by atoms with E-state index >= 15 is 0 Å². The lowest BCUT2D eigenvalue weighted by molar-refractivity contribution is -0.121. The fourth-order valence-corrected chi connectivity index (χ4v) is 2.13. The highest BCUT2D eigenvalue weighted by Crippen LogP contribution is 2.15. The first-order valence-corrected chi connectivity index (χ1v) is 7.87. The van der Waals surface area contributed by atoms with E-state index in [1.165, 1.54) is 12.1 Å². The monoisotopic (exact) mass is 484 g/mol. The van der Waals surface area contributed by atoms with Crippen molar-refractivity contribution in [1.29, 1.82) is 0 Å². The van der Waals surface area contributed by atoms with Crippen molar-refractivity contribution < 1.29 is 18.3 Å². The minimum Gasteiger partial charge on any atom is -0.435 e. The first kappa shape index (κ1) is 24.4. The van der Waals surface area contributed by atoms with Gasteiger partial charge in [0.25, 0.3) is 0 Å². The molecule has 0 aliphatic rings. The number of rotatable bonds is 6. The van der Waals surface area contributed by atoms with E-state index in [1.807, 2.05) is 32.7 Å². The van der Waals surface area contributed by atoms with Crippen molar-refractivity contribution in [3.63, 3.8) is 0 Å². The topological polar surface area (TPSA) is 66.0 Å². The standard InChI is InChI=1S/C17H26F2N4O2.HI/c1-17(2,3)22-14(24)10-21-16(20-4)23(5)11-12-6-8-13(9-7-12)25-15(18)19;/h6-9,15H,10-11H2,1-5H3,(H,20,21)(H,22,24);1H. The first-order valence-electron chi connectivity index (χ1n) is 7.87. The molecule has 1 aromatic rings. The van der Waals surface area contributed by atoms with Crippen molar-refractivity contribution >= 4 is 35.8 Å². The summed E-state index contributed by atoms with van der Waals surface area (Å²) < 4.78 is 28.6. The molecule has 0 atom stereocenters. The normalized spacial score (nSPS) is 11.6. The molecule has 6 nitrogen and oxygen atoms in total. The van der Waals surface area contributed by atoms with Gasteiger partial charge in [0, 0.05) is 26.2 Å². The second-order valence-electron chi connectivity index (χ2n) is 6.58. The van der Waals surface area contributed by atoms with Crippen LogP contribution in [0.2, 0.25) is 0 Å². The maximum Gasteiger partial charge on any atom is 0.387 e. The largest absolute Gasteiger partial charge is 0.435 e. The molecule has 0 aliphatic carbocycles. The Morgan fingerprint density at radius 3 is 2.31 bits per heavy atom. The molecule has 148 valence electrons. The van der Waals surface area contributed by atoms with E-state index in [-0.39, 0.29) is 47.7 Å². The van der Waals surface area contributed by atoms with Gasteiger partial charge in [0.05, 0.1) is 6.54 Å². The molecule has 26 heavy (non-hydrogen) atoms. The number of carbonyl (C=O) groups excluding carboxylic acids is 1. The number of nitrogens with zero attached hydrogens (tertiary/aromatic N) is 2. The highest BCUT2D eigenvalue weighted by atomic mass is 127. The summed E-state index contributed by atoms with van der Waals surface area (Å²) >= 11 is 0. The maximum atomic E-state index is 12.1. The number of ether oxygens (including phenoxy) is 1. The van der Waals surface area contributed by atoms with Gasteiger partial charge in [0.15, 0.2) is 5.96 Å². The van der Waals surface area contributed by atoms with Gasteiger partial charge in [-0.2, -0.15) is 8.78 Å². The quantitative estimate of drug-likeness (QED) is 0.371. The molecule has 0 spiro atoms. The molecule has 0 saturated heterocycles. The zero-order valence-corrected chi connectivity index (χ0v) is 18.0. The molecule has 0 bridgehead atoms. The maximum absolute atomic E-state index is 12.1. The van der Waals surface area contributed by atoms with Crippen molar-refractivity contribution in [3.05, 3.63) is 29.8 Å². The van der Waals surface area contributed by atoms with E-state index in [4.69, 9.17) is 0 Å². The Kier molecular flexibility index (Phi) is 10.4. The van der Waals surface area contributed by atoms with Crippen molar-refractivity contribution in [1.82, 2.24) is 15.5 Å². The van der Waals surface area contributed by atoms with E-state index in [2.05, 4.69) is 20.4 Å². The smallest absolute Gasteiger partial charge is 0.387 e. The zero-order chi connectivity index (χ0) is 19.0. The molecule has 0 aliphatic heterocycles. The number of halogens is 3. The summed E-state index contributed by atoms with van der Waals surface area (Å²) in [5, 5.41) is 5.85. The second kappa shape index (κ2) is 11.1. The van der Waals surface area contributed by atoms with E-state index in [1.54, 1.807) is 19.2 Å². The highest BCUT2D eigenvalue weighted by Gasteiger charge is 2.15. The number of carbonyl (C=O) groups is 1. The predicted molar refractivity (Wildman–Crippen MR) is 109 cm³/mol. The minimum atomic E-state index is -2.84. The summed E-state index contributed by atoms with van der Waals surface area (Å²) in [5.74, 6) is 0.537. The summed E-state index contributed by atoms with van der Waals surface area (Å²) in [6.07, 6.45) is 0. The van der Waals surface area contributed by atoms with Crippen LogP contribution in [0.3, 0.4) is 0 Å². The molecule has 9 heteroatoms. The number of guanidine groups is 1. The van der Waals surface area contributed by atoms with Gasteiger partial charge in [-0.1, -0.05) is 12.1 Å². The van der Waals surface area contributed by atoms with Crippen molar-refractivity contribution in [2.24, 2.45) is 4.99 Å². The Morgan fingerprint density at radius 2 is 1.85 bits per heavy atom. The molecule has 0 heterocycles. The SMILES string of the molecule is CN=C(NCC(=O)NC(C)(C)C)N(C)Cc1ccc(OC(F)F)cc1.I. The van der Waals surface area contributed by atoms with Crippen LogP contribution in [0, 0.1) is 0 Å². The minimum absolute atomic E-state index is 0. The lowest BCUT2D eigenvalue weighted by atomic mass is 10.1. The van der Waals surface area contributed by atoms with Crippen LogP contribution in [-0.2, 0) is 11.3 Å². The summed E-state index contributed by atoms with van der Waals surface area (Å²) in [6.45, 7) is 3.49. The van der Waals surface area contributed by atoms with Crippen LogP contribution in [0.25, 0.3) is 0 Å². The lowest BCUT2D eigenvalue weighted by Crippen LogP contribution is -2.48. The second-order valence-corrected chi connectivity index (χ2v) is 6.58. The molecule has 1 rings (SSSR count). The van der Waals surface area contributed by atoms with E-state index in [0.717, 1.165) is 5.56 Å². The number of hydrogen-bond donors (Lipinski definition) is 2. The van der Waals surface area contributed by atoms with Crippen LogP contribution in [0.1, 0.15) is 26.3 Å². The Bertz CT molecular complexity index is 589. The summed E-state index contributed by atoms with van der Waals surface area (Å²) in [7, 11) is 3.45. The van der Waals surface area contributed by atoms with Gasteiger partial charge in [-0.15, -0.1) is 24.0 Å². The Hall–Kier alpha value is -1.65. The van der Waals surface area contributed by atoms with E-state index in [9.17, 15) is 13.6 Å². The van der Waals surface area contributed by atoms with Gasteiger partial charge in [-0.25, -0.2) is 0 Å². The summed E-state index contributed by atoms with van der Waals surface area (Å²) in [5.41, 5.74) is 0.599. The number of alkyl halides is 2. The molecule has 2 N–H and O–H groups in total. The molecule has 0 unspecified atom stereocenters. The van der Waals surface area contributed by atoms with Crippen LogP contribution in [0.5, 0.6) is 5.75 Å². The van der Waals surface area contributed by atoms with E-state index in [0.29, 0.717) is 12.5 Å². The van der Waals surface area contributed by atoms with Crippen LogP contribution in [0.4, 0.5) is 8.78 Å². The van der Waals surface area contributed by atoms with Gasteiger partial charge >= 0.3 is 6.61 Å². The van der Waals surface area contributed by atoms with Gasteiger partial charge in [0.2, 0.25) is 5.91 Å². The number of hydrogen-bond acceptors (Lipinski definition) is 3.